The topological polar surface area (TPSA) is 60.9 Å². The highest BCUT2D eigenvalue weighted by molar-refractivity contribution is 5.95. The average molecular weight is 247 g/mol. The molecule has 5 heteroatoms. The third-order valence-corrected chi connectivity index (χ3v) is 2.69. The van der Waals surface area contributed by atoms with E-state index >= 15 is 0 Å². The van der Waals surface area contributed by atoms with Gasteiger partial charge in [-0.2, -0.15) is 4.98 Å². The van der Waals surface area contributed by atoms with E-state index in [0.717, 1.165) is 18.4 Å². The van der Waals surface area contributed by atoms with E-state index in [1.165, 1.54) is 0 Å². The van der Waals surface area contributed by atoms with Crippen molar-refractivity contribution in [3.63, 3.8) is 0 Å². The van der Waals surface area contributed by atoms with Gasteiger partial charge in [0, 0.05) is 30.8 Å². The SMILES string of the molecule is CCCC(=O)c1ccn(Cc2nc(CC)no2)c1. The summed E-state index contributed by atoms with van der Waals surface area (Å²) >= 11 is 0. The van der Waals surface area contributed by atoms with Gasteiger partial charge in [-0.3, -0.25) is 4.79 Å². The van der Waals surface area contributed by atoms with Crippen LogP contribution in [0.2, 0.25) is 0 Å². The Morgan fingerprint density at radius 1 is 1.44 bits per heavy atom. The van der Waals surface area contributed by atoms with Crippen molar-refractivity contribution in [2.45, 2.75) is 39.7 Å². The molecule has 96 valence electrons. The summed E-state index contributed by atoms with van der Waals surface area (Å²) in [6.07, 6.45) is 5.90. The van der Waals surface area contributed by atoms with Crippen LogP contribution < -0.4 is 0 Å². The molecule has 0 N–H and O–H groups in total. The number of hydrogen-bond donors (Lipinski definition) is 0. The molecule has 5 nitrogen and oxygen atoms in total. The number of nitrogens with zero attached hydrogens (tertiary/aromatic N) is 3. The Hall–Kier alpha value is -1.91. The van der Waals surface area contributed by atoms with Crippen molar-refractivity contribution < 1.29 is 9.32 Å². The Balaban J connectivity index is 2.04. The van der Waals surface area contributed by atoms with Crippen molar-refractivity contribution in [2.24, 2.45) is 0 Å². The zero-order valence-corrected chi connectivity index (χ0v) is 10.7. The molecule has 0 atom stereocenters. The number of rotatable bonds is 6. The first-order valence-corrected chi connectivity index (χ1v) is 6.23. The first-order valence-electron chi connectivity index (χ1n) is 6.23. The van der Waals surface area contributed by atoms with Gasteiger partial charge in [-0.25, -0.2) is 0 Å². The summed E-state index contributed by atoms with van der Waals surface area (Å²) < 4.78 is 6.99. The molecule has 18 heavy (non-hydrogen) atoms. The maximum absolute atomic E-state index is 11.7. The normalized spacial score (nSPS) is 10.8. The van der Waals surface area contributed by atoms with Gasteiger partial charge in [0.2, 0.25) is 5.89 Å². The first kappa shape index (κ1) is 12.5. The molecule has 2 aromatic heterocycles. The number of Topliss-reactive ketones (excluding diaryl/α,β-unsaturated/α-hetero) is 1. The van der Waals surface area contributed by atoms with Gasteiger partial charge in [0.25, 0.3) is 0 Å². The number of carbonyl (C=O) groups is 1. The summed E-state index contributed by atoms with van der Waals surface area (Å²) in [5.41, 5.74) is 0.743. The van der Waals surface area contributed by atoms with E-state index in [-0.39, 0.29) is 5.78 Å². The van der Waals surface area contributed by atoms with Crippen molar-refractivity contribution in [1.29, 1.82) is 0 Å². The van der Waals surface area contributed by atoms with E-state index in [1.54, 1.807) is 0 Å². The fraction of sp³-hybridized carbons (Fsp3) is 0.462. The van der Waals surface area contributed by atoms with E-state index < -0.39 is 0 Å². The van der Waals surface area contributed by atoms with Gasteiger partial charge in [0.1, 0.15) is 6.54 Å². The lowest BCUT2D eigenvalue weighted by Crippen LogP contribution is -1.99. The van der Waals surface area contributed by atoms with Gasteiger partial charge in [-0.15, -0.1) is 0 Å². The molecule has 2 aromatic rings. The molecular formula is C13H17N3O2. The molecule has 0 amide bonds. The zero-order valence-electron chi connectivity index (χ0n) is 10.7. The van der Waals surface area contributed by atoms with Gasteiger partial charge in [-0.1, -0.05) is 19.0 Å². The molecular weight excluding hydrogens is 230 g/mol. The highest BCUT2D eigenvalue weighted by Crippen LogP contribution is 2.08. The Kier molecular flexibility index (Phi) is 3.92. The summed E-state index contributed by atoms with van der Waals surface area (Å²) in [4.78, 5) is 15.9. The first-order chi connectivity index (χ1) is 8.72. The minimum Gasteiger partial charge on any atom is -0.344 e. The Morgan fingerprint density at radius 2 is 2.28 bits per heavy atom. The second-order valence-electron chi connectivity index (χ2n) is 4.20. The predicted octanol–water partition coefficient (Wildman–Crippen LogP) is 2.46. The Bertz CT molecular complexity index is 528. The largest absolute Gasteiger partial charge is 0.344 e. The molecule has 0 spiro atoms. The molecule has 0 radical (unpaired) electrons. The molecule has 0 aliphatic rings. The molecule has 0 saturated heterocycles. The second kappa shape index (κ2) is 5.62. The van der Waals surface area contributed by atoms with Crippen molar-refractivity contribution in [2.75, 3.05) is 0 Å². The van der Waals surface area contributed by atoms with Gasteiger partial charge in [0.15, 0.2) is 11.6 Å². The molecule has 0 saturated carbocycles. The highest BCUT2D eigenvalue weighted by Gasteiger charge is 2.09. The molecule has 0 aromatic carbocycles. The third-order valence-electron chi connectivity index (χ3n) is 2.69. The fourth-order valence-electron chi connectivity index (χ4n) is 1.73. The van der Waals surface area contributed by atoms with E-state index in [1.807, 2.05) is 36.9 Å². The quantitative estimate of drug-likeness (QED) is 0.736. The van der Waals surface area contributed by atoms with E-state index in [9.17, 15) is 4.79 Å². The van der Waals surface area contributed by atoms with Crippen molar-refractivity contribution in [3.8, 4) is 0 Å². The lowest BCUT2D eigenvalue weighted by Gasteiger charge is -1.96. The summed E-state index contributed by atoms with van der Waals surface area (Å²) in [5.74, 6) is 1.45. The Labute approximate surface area is 106 Å². The van der Waals surface area contributed by atoms with E-state index in [0.29, 0.717) is 24.7 Å². The number of carbonyl (C=O) groups excluding carboxylic acids is 1. The van der Waals surface area contributed by atoms with Crippen LogP contribution in [0.1, 0.15) is 48.8 Å². The summed E-state index contributed by atoms with van der Waals surface area (Å²) in [7, 11) is 0. The van der Waals surface area contributed by atoms with E-state index in [2.05, 4.69) is 10.1 Å². The lowest BCUT2D eigenvalue weighted by atomic mass is 10.1. The minimum atomic E-state index is 0.177. The number of aromatic nitrogens is 3. The molecule has 0 fully saturated rings. The third kappa shape index (κ3) is 2.85. The van der Waals surface area contributed by atoms with E-state index in [4.69, 9.17) is 4.52 Å². The molecule has 0 aliphatic heterocycles. The molecule has 2 rings (SSSR count). The van der Waals surface area contributed by atoms with Crippen LogP contribution in [0.5, 0.6) is 0 Å². The van der Waals surface area contributed by atoms with Crippen LogP contribution in [0.4, 0.5) is 0 Å². The summed E-state index contributed by atoms with van der Waals surface area (Å²) in [6.45, 7) is 4.48. The lowest BCUT2D eigenvalue weighted by molar-refractivity contribution is 0.0981. The van der Waals surface area contributed by atoms with Crippen LogP contribution in [0, 0.1) is 0 Å². The van der Waals surface area contributed by atoms with Crippen LogP contribution in [-0.4, -0.2) is 20.5 Å². The molecule has 2 heterocycles. The van der Waals surface area contributed by atoms with Crippen molar-refractivity contribution in [3.05, 3.63) is 35.7 Å². The summed E-state index contributed by atoms with van der Waals surface area (Å²) in [5, 5.41) is 3.84. The van der Waals surface area contributed by atoms with Gasteiger partial charge >= 0.3 is 0 Å². The van der Waals surface area contributed by atoms with Gasteiger partial charge in [0.05, 0.1) is 0 Å². The number of aryl methyl sites for hydroxylation is 1. The van der Waals surface area contributed by atoms with Gasteiger partial charge < -0.3 is 9.09 Å². The van der Waals surface area contributed by atoms with Crippen molar-refractivity contribution >= 4 is 5.78 Å². The molecule has 0 unspecified atom stereocenters. The van der Waals surface area contributed by atoms with Crippen LogP contribution in [0.15, 0.2) is 23.0 Å². The van der Waals surface area contributed by atoms with Gasteiger partial charge in [-0.05, 0) is 12.5 Å². The average Bonchev–Trinajstić information content (AvgIpc) is 2.99. The monoisotopic (exact) mass is 247 g/mol. The Morgan fingerprint density at radius 3 is 2.94 bits per heavy atom. The smallest absolute Gasteiger partial charge is 0.246 e. The highest BCUT2D eigenvalue weighted by atomic mass is 16.5. The number of hydrogen-bond acceptors (Lipinski definition) is 4. The number of ketones is 1. The second-order valence-corrected chi connectivity index (χ2v) is 4.20. The zero-order chi connectivity index (χ0) is 13.0. The minimum absolute atomic E-state index is 0.177. The van der Waals surface area contributed by atoms with Crippen molar-refractivity contribution in [1.82, 2.24) is 14.7 Å². The molecule has 0 bridgehead atoms. The predicted molar refractivity (Wildman–Crippen MR) is 66.4 cm³/mol. The van der Waals surface area contributed by atoms with Crippen LogP contribution in [0.25, 0.3) is 0 Å². The van der Waals surface area contributed by atoms with Crippen LogP contribution in [0.3, 0.4) is 0 Å². The maximum atomic E-state index is 11.7. The molecule has 0 aliphatic carbocycles. The fourth-order valence-corrected chi connectivity index (χ4v) is 1.73. The standard InChI is InChI=1S/C13H17N3O2/c1-3-5-11(17)10-6-7-16(8-10)9-13-14-12(4-2)15-18-13/h6-8H,3-5,9H2,1-2H3. The maximum Gasteiger partial charge on any atom is 0.246 e. The van der Waals surface area contributed by atoms with Crippen LogP contribution in [-0.2, 0) is 13.0 Å². The van der Waals surface area contributed by atoms with Crippen LogP contribution >= 0.6 is 0 Å². The summed E-state index contributed by atoms with van der Waals surface area (Å²) in [6, 6.07) is 1.83.